The standard InChI is InChI=1S/C90H149O4P/c1-73(2)37-20-38-74(3)39-21-40-75(4)41-22-42-76(5)43-23-44-77(6)45-24-46-78(7)47-25-48-79(8)49-26-50-80(9)51-27-52-81(10)53-28-54-82(11)55-29-56-83(12)57-30-58-84(13)59-31-60-85(14)61-32-62-86(15)63-33-64-87(16)65-34-66-88(17)67-35-68-89(18)69-36-70-90(19)71-72-94-95(91,92)93/h37,39,41,43,45,47,49,51,53,55,57,59,61,63,65,67,69,90H,20-36,38,40,42,44,46,48,50,52,54,56,58,60,62,64,66,68,70-72H2,1-19H3,(H2,91,92,93)/p-2/b74-39+,75-41+,76-43-,77-45-,78-47-,79-49-,80-51-,81-53-,82-55-,83-57-,84-59-,85-61-,86-63-,87-65-,88-67-,89-69-. The third kappa shape index (κ3) is 62.9. The molecule has 0 saturated carbocycles. The molecule has 0 bridgehead atoms. The molecule has 0 fully saturated rings. The molecule has 0 rings (SSSR count). The average Bonchev–Trinajstić information content (AvgIpc) is 3.71. The van der Waals surface area contributed by atoms with Crippen LogP contribution in [0.4, 0.5) is 0 Å². The van der Waals surface area contributed by atoms with E-state index in [-0.39, 0.29) is 6.61 Å². The zero-order chi connectivity index (χ0) is 71.1. The minimum absolute atomic E-state index is 0.0202. The van der Waals surface area contributed by atoms with E-state index in [2.05, 4.69) is 239 Å². The van der Waals surface area contributed by atoms with Crippen LogP contribution in [0.5, 0.6) is 0 Å². The fourth-order valence-electron chi connectivity index (χ4n) is 11.5. The Bertz CT molecular complexity index is 2720. The molecular weight excluding hydrogens is 1180 g/mol. The van der Waals surface area contributed by atoms with Crippen LogP contribution in [0.15, 0.2) is 198 Å². The van der Waals surface area contributed by atoms with Crippen molar-refractivity contribution in [1.82, 2.24) is 0 Å². The lowest BCUT2D eigenvalue weighted by Crippen LogP contribution is -2.17. The molecule has 0 aliphatic rings. The molecule has 0 aromatic heterocycles. The molecule has 1 unspecified atom stereocenters. The second-order valence-electron chi connectivity index (χ2n) is 29.5. The fourth-order valence-corrected chi connectivity index (χ4v) is 11.9. The van der Waals surface area contributed by atoms with Crippen molar-refractivity contribution in [3.8, 4) is 0 Å². The number of allylic oxidation sites excluding steroid dienone is 34. The second-order valence-corrected chi connectivity index (χ2v) is 30.6. The highest BCUT2D eigenvalue weighted by Gasteiger charge is 2.05. The molecule has 1 atom stereocenters. The molecule has 0 amide bonds. The number of rotatable bonds is 55. The summed E-state index contributed by atoms with van der Waals surface area (Å²) in [6, 6.07) is 0. The van der Waals surface area contributed by atoms with Gasteiger partial charge in [-0.15, -0.1) is 0 Å². The molecular formula is C90H147O4P-2. The van der Waals surface area contributed by atoms with Gasteiger partial charge in [-0.1, -0.05) is 205 Å². The Morgan fingerprint density at radius 3 is 0.516 bits per heavy atom. The molecule has 538 valence electrons. The Morgan fingerprint density at radius 2 is 0.379 bits per heavy atom. The Kier molecular flexibility index (Phi) is 56.0. The zero-order valence-corrected chi connectivity index (χ0v) is 66.3. The Labute approximate surface area is 590 Å². The molecule has 0 heterocycles. The summed E-state index contributed by atoms with van der Waals surface area (Å²) in [6.07, 6.45) is 80.6. The van der Waals surface area contributed by atoms with Crippen molar-refractivity contribution in [3.05, 3.63) is 198 Å². The smallest absolute Gasteiger partial charge is 0.0596 e. The molecule has 95 heavy (non-hydrogen) atoms. The van der Waals surface area contributed by atoms with Crippen LogP contribution in [-0.2, 0) is 9.09 Å². The lowest BCUT2D eigenvalue weighted by atomic mass is 10.0. The quantitative estimate of drug-likeness (QED) is 0.0449. The first-order valence-corrected chi connectivity index (χ1v) is 39.4. The van der Waals surface area contributed by atoms with Crippen LogP contribution >= 0.6 is 7.82 Å². The molecule has 0 aliphatic heterocycles. The summed E-state index contributed by atoms with van der Waals surface area (Å²) in [5.74, 6) is 0.317. The van der Waals surface area contributed by atoms with Gasteiger partial charge in [0.2, 0.25) is 0 Å². The molecule has 5 heteroatoms. The Morgan fingerprint density at radius 1 is 0.242 bits per heavy atom. The van der Waals surface area contributed by atoms with Crippen molar-refractivity contribution >= 4 is 7.82 Å². The minimum atomic E-state index is -4.86. The molecule has 0 aromatic rings. The van der Waals surface area contributed by atoms with Gasteiger partial charge in [0.15, 0.2) is 0 Å². The summed E-state index contributed by atoms with van der Waals surface area (Å²) in [4.78, 5) is 21.3. The summed E-state index contributed by atoms with van der Waals surface area (Å²) >= 11 is 0. The van der Waals surface area contributed by atoms with Crippen LogP contribution in [0.1, 0.15) is 356 Å². The predicted octanol–water partition coefficient (Wildman–Crippen LogP) is 29.2. The maximum absolute atomic E-state index is 10.6. The van der Waals surface area contributed by atoms with E-state index in [1.165, 1.54) is 140 Å². The van der Waals surface area contributed by atoms with E-state index >= 15 is 0 Å². The van der Waals surface area contributed by atoms with Gasteiger partial charge >= 0.3 is 0 Å². The first-order valence-electron chi connectivity index (χ1n) is 37.9. The van der Waals surface area contributed by atoms with Gasteiger partial charge in [0.25, 0.3) is 0 Å². The summed E-state index contributed by atoms with van der Waals surface area (Å²) < 4.78 is 15.0. The Balaban J connectivity index is 4.34. The zero-order valence-electron chi connectivity index (χ0n) is 65.4. The van der Waals surface area contributed by atoms with E-state index in [1.54, 1.807) is 0 Å². The molecule has 4 nitrogen and oxygen atoms in total. The van der Waals surface area contributed by atoms with Gasteiger partial charge in [0.05, 0.1) is 14.4 Å². The third-order valence-corrected chi connectivity index (χ3v) is 19.1. The summed E-state index contributed by atoms with van der Waals surface area (Å²) in [6.45, 7) is 43.1. The van der Waals surface area contributed by atoms with E-state index in [0.29, 0.717) is 12.3 Å². The lowest BCUT2D eigenvalue weighted by Gasteiger charge is -2.29. The van der Waals surface area contributed by atoms with Gasteiger partial charge in [0.1, 0.15) is 0 Å². The number of phosphoric ester groups is 1. The Hall–Kier alpha value is -4.31. The molecule has 0 aromatic carbocycles. The van der Waals surface area contributed by atoms with Crippen molar-refractivity contribution in [2.75, 3.05) is 6.61 Å². The van der Waals surface area contributed by atoms with Gasteiger partial charge in [-0.2, -0.15) is 0 Å². The summed E-state index contributed by atoms with van der Waals surface area (Å²) in [5.41, 5.74) is 25.5. The fraction of sp³-hybridized carbons (Fsp3) is 0.622. The maximum atomic E-state index is 10.6. The van der Waals surface area contributed by atoms with Crippen molar-refractivity contribution in [3.63, 3.8) is 0 Å². The molecule has 0 spiro atoms. The summed E-state index contributed by atoms with van der Waals surface area (Å²) in [7, 11) is -4.86. The highest BCUT2D eigenvalue weighted by atomic mass is 31.2. The monoisotopic (exact) mass is 1320 g/mol. The van der Waals surface area contributed by atoms with Gasteiger partial charge in [-0.25, -0.2) is 0 Å². The van der Waals surface area contributed by atoms with Crippen LogP contribution in [0.3, 0.4) is 0 Å². The van der Waals surface area contributed by atoms with Crippen LogP contribution in [0.2, 0.25) is 0 Å². The average molecular weight is 1320 g/mol. The molecule has 0 radical (unpaired) electrons. The normalized spacial score (nSPS) is 15.5. The van der Waals surface area contributed by atoms with Crippen LogP contribution in [-0.4, -0.2) is 6.61 Å². The van der Waals surface area contributed by atoms with Crippen molar-refractivity contribution < 1.29 is 18.9 Å². The van der Waals surface area contributed by atoms with E-state index in [4.69, 9.17) is 0 Å². The number of phosphoric acid groups is 1. The maximum Gasteiger partial charge on any atom is 0.0596 e. The van der Waals surface area contributed by atoms with Crippen LogP contribution < -0.4 is 9.79 Å². The highest BCUT2D eigenvalue weighted by Crippen LogP contribution is 2.27. The van der Waals surface area contributed by atoms with E-state index in [1.807, 2.05) is 0 Å². The number of hydrogen-bond acceptors (Lipinski definition) is 4. The van der Waals surface area contributed by atoms with Crippen molar-refractivity contribution in [2.24, 2.45) is 5.92 Å². The third-order valence-electron chi connectivity index (χ3n) is 18.6. The largest absolute Gasteiger partial charge is 0.790 e. The van der Waals surface area contributed by atoms with Gasteiger partial charge in [-0.05, 0) is 355 Å². The van der Waals surface area contributed by atoms with Gasteiger partial charge in [0, 0.05) is 0 Å². The van der Waals surface area contributed by atoms with Crippen molar-refractivity contribution in [1.29, 1.82) is 0 Å². The predicted molar refractivity (Wildman–Crippen MR) is 424 cm³/mol. The molecule has 0 aliphatic carbocycles. The van der Waals surface area contributed by atoms with Crippen LogP contribution in [0, 0.1) is 5.92 Å². The first kappa shape index (κ1) is 90.7. The number of hydrogen-bond donors (Lipinski definition) is 0. The van der Waals surface area contributed by atoms with Gasteiger partial charge < -0.3 is 18.9 Å². The van der Waals surface area contributed by atoms with Gasteiger partial charge in [-0.3, -0.25) is 0 Å². The van der Waals surface area contributed by atoms with E-state index in [9.17, 15) is 14.4 Å². The molecule has 0 N–H and O–H groups in total. The van der Waals surface area contributed by atoms with E-state index < -0.39 is 7.82 Å². The highest BCUT2D eigenvalue weighted by molar-refractivity contribution is 7.43. The second kappa shape index (κ2) is 58.6. The lowest BCUT2D eigenvalue weighted by molar-refractivity contribution is -0.341. The van der Waals surface area contributed by atoms with Crippen LogP contribution in [0.25, 0.3) is 0 Å². The minimum Gasteiger partial charge on any atom is -0.790 e. The SMILES string of the molecule is CC(C)=CCC/C(C)=C/CC/C(C)=C/CC/C(C)=C\CC/C(C)=C\CC/C(C)=C\CC/C(C)=C\CC/C(C)=C\CC/C(C)=C\CC/C(C)=C\CC/C(C)=C\CC/C(C)=C\CC/C(C)=C\CC/C(C)=C\CC/C(C)=C\CC/C(C)=C\CC/C(C)=C\CCC(C)CCOP(=O)([O-])[O-]. The first-order chi connectivity index (χ1) is 45.1. The topological polar surface area (TPSA) is 72.4 Å². The van der Waals surface area contributed by atoms with E-state index in [0.717, 1.165) is 173 Å². The van der Waals surface area contributed by atoms with Crippen molar-refractivity contribution in [2.45, 2.75) is 356 Å². The molecule has 0 saturated heterocycles. The summed E-state index contributed by atoms with van der Waals surface area (Å²) in [5, 5.41) is 0.